The summed E-state index contributed by atoms with van der Waals surface area (Å²) in [4.78, 5) is 0. The van der Waals surface area contributed by atoms with E-state index < -0.39 is 48.3 Å². The highest BCUT2D eigenvalue weighted by molar-refractivity contribution is 5.33. The van der Waals surface area contributed by atoms with Gasteiger partial charge in [0, 0.05) is 23.9 Å². The van der Waals surface area contributed by atoms with Crippen LogP contribution in [0, 0.1) is 45.3 Å². The van der Waals surface area contributed by atoms with Gasteiger partial charge in [0.05, 0.1) is 30.5 Å². The minimum atomic E-state index is -1.46. The molecule has 0 unspecified atom stereocenters. The van der Waals surface area contributed by atoms with E-state index in [4.69, 9.17) is 18.9 Å². The maximum atomic E-state index is 10.7. The van der Waals surface area contributed by atoms with Gasteiger partial charge in [-0.1, -0.05) is 58.9 Å². The van der Waals surface area contributed by atoms with Crippen molar-refractivity contribution in [3.63, 3.8) is 0 Å². The third kappa shape index (κ3) is 4.74. The summed E-state index contributed by atoms with van der Waals surface area (Å²) < 4.78 is 24.9. The number of fused-ring (bicyclic) bond motifs is 2. The lowest BCUT2D eigenvalue weighted by Crippen LogP contribution is -2.66. The van der Waals surface area contributed by atoms with Crippen molar-refractivity contribution in [1.82, 2.24) is 0 Å². The molecular formula is C37H60O8. The zero-order valence-electron chi connectivity index (χ0n) is 28.9. The smallest absolute Gasteiger partial charge is 0.186 e. The molecule has 5 fully saturated rings. The van der Waals surface area contributed by atoms with E-state index in [0.29, 0.717) is 23.7 Å². The topological polar surface area (TPSA) is 118 Å². The third-order valence-corrected chi connectivity index (χ3v) is 14.8. The highest BCUT2D eigenvalue weighted by Crippen LogP contribution is 2.77. The van der Waals surface area contributed by atoms with Crippen LogP contribution in [0.15, 0.2) is 24.3 Å². The van der Waals surface area contributed by atoms with Crippen LogP contribution >= 0.6 is 0 Å². The Hall–Kier alpha value is -0.840. The fraction of sp³-hybridized carbons (Fsp3) is 0.892. The van der Waals surface area contributed by atoms with Gasteiger partial charge in [-0.15, -0.1) is 0 Å². The van der Waals surface area contributed by atoms with E-state index >= 15 is 0 Å². The summed E-state index contributed by atoms with van der Waals surface area (Å²) in [6.07, 6.45) is 10.5. The number of methoxy groups -OCH3 is 1. The Morgan fingerprint density at radius 1 is 0.978 bits per heavy atom. The molecule has 3 saturated carbocycles. The number of hydrogen-bond donors (Lipinski definition) is 4. The molecule has 2 heterocycles. The first-order valence-electron chi connectivity index (χ1n) is 17.6. The fourth-order valence-corrected chi connectivity index (χ4v) is 11.6. The van der Waals surface area contributed by atoms with Gasteiger partial charge >= 0.3 is 0 Å². The molecule has 1 spiro atoms. The first-order valence-corrected chi connectivity index (χ1v) is 17.6. The standard InChI is InChI=1S/C37H60O8/c1-22(10-9-15-32(2,3)42-8)23-13-16-35(7)25-14-17-37-26(36(25,21-43-37)19-18-34(23,35)6)11-12-27(33(37,4)5)45-31-30(41)29(40)28(39)24(20-38)44-31/h9,14-15,17,22-31,38-41H,10-13,16,18-21H2,1-8H3/b15-9+/t22-,23-,24-,25+,26+,27+,28-,29-,30-,31+,34-,35+,36-,37+/m1/s1. The van der Waals surface area contributed by atoms with Gasteiger partial charge in [0.2, 0.25) is 0 Å². The Morgan fingerprint density at radius 3 is 2.40 bits per heavy atom. The van der Waals surface area contributed by atoms with Crippen LogP contribution in [-0.2, 0) is 18.9 Å². The molecule has 0 aromatic heterocycles. The van der Waals surface area contributed by atoms with Gasteiger partial charge in [-0.2, -0.15) is 0 Å². The van der Waals surface area contributed by atoms with Crippen LogP contribution in [0.5, 0.6) is 0 Å². The molecule has 0 radical (unpaired) electrons. The van der Waals surface area contributed by atoms with E-state index in [1.54, 1.807) is 7.11 Å². The second-order valence-corrected chi connectivity index (χ2v) is 17.2. The summed E-state index contributed by atoms with van der Waals surface area (Å²) in [6, 6.07) is 0. The average Bonchev–Trinajstić information content (AvgIpc) is 3.39. The zero-order chi connectivity index (χ0) is 32.8. The average molecular weight is 633 g/mol. The molecule has 4 aliphatic carbocycles. The van der Waals surface area contributed by atoms with Crippen LogP contribution < -0.4 is 0 Å². The van der Waals surface area contributed by atoms with Crippen molar-refractivity contribution < 1.29 is 39.4 Å². The van der Waals surface area contributed by atoms with Crippen LogP contribution in [0.25, 0.3) is 0 Å². The van der Waals surface area contributed by atoms with Crippen LogP contribution in [0.4, 0.5) is 0 Å². The Kier molecular flexibility index (Phi) is 8.60. The summed E-state index contributed by atoms with van der Waals surface area (Å²) in [5.74, 6) is 2.12. The number of hydrogen-bond acceptors (Lipinski definition) is 8. The van der Waals surface area contributed by atoms with E-state index in [2.05, 4.69) is 72.8 Å². The molecule has 14 atom stereocenters. The number of ether oxygens (including phenoxy) is 4. The predicted octanol–water partition coefficient (Wildman–Crippen LogP) is 4.77. The Bertz CT molecular complexity index is 1170. The normalized spacial score (nSPS) is 51.2. The van der Waals surface area contributed by atoms with E-state index in [1.807, 2.05) is 0 Å². The van der Waals surface area contributed by atoms with Crippen LogP contribution in [0.1, 0.15) is 93.4 Å². The molecule has 6 rings (SSSR count). The van der Waals surface area contributed by atoms with Crippen molar-refractivity contribution in [1.29, 1.82) is 0 Å². The maximum Gasteiger partial charge on any atom is 0.186 e. The fourth-order valence-electron chi connectivity index (χ4n) is 11.6. The van der Waals surface area contributed by atoms with Gasteiger partial charge in [-0.3, -0.25) is 0 Å². The van der Waals surface area contributed by atoms with Gasteiger partial charge < -0.3 is 39.4 Å². The van der Waals surface area contributed by atoms with Gasteiger partial charge in [0.15, 0.2) is 6.29 Å². The maximum absolute atomic E-state index is 10.7. The molecule has 0 aromatic carbocycles. The van der Waals surface area contributed by atoms with Crippen molar-refractivity contribution >= 4 is 0 Å². The number of allylic oxidation sites excluding steroid dienone is 2. The lowest BCUT2D eigenvalue weighted by molar-refractivity contribution is -0.329. The van der Waals surface area contributed by atoms with Crippen molar-refractivity contribution in [3.8, 4) is 0 Å². The van der Waals surface area contributed by atoms with Crippen molar-refractivity contribution in [2.45, 2.75) is 141 Å². The van der Waals surface area contributed by atoms with Gasteiger partial charge in [0.1, 0.15) is 24.4 Å². The molecule has 6 aliphatic rings. The summed E-state index contributed by atoms with van der Waals surface area (Å²) >= 11 is 0. The largest absolute Gasteiger partial charge is 0.394 e. The third-order valence-electron chi connectivity index (χ3n) is 14.8. The van der Waals surface area contributed by atoms with Crippen LogP contribution in [0.3, 0.4) is 0 Å². The lowest BCUT2D eigenvalue weighted by Gasteiger charge is -2.65. The second-order valence-electron chi connectivity index (χ2n) is 17.2. The highest BCUT2D eigenvalue weighted by Gasteiger charge is 2.75. The molecule has 2 bridgehead atoms. The Balaban J connectivity index is 1.24. The first kappa shape index (κ1) is 34.0. The molecule has 0 amide bonds. The van der Waals surface area contributed by atoms with E-state index in [-0.39, 0.29) is 27.9 Å². The lowest BCUT2D eigenvalue weighted by atomic mass is 9.38. The van der Waals surface area contributed by atoms with Crippen molar-refractivity contribution in [2.24, 2.45) is 45.3 Å². The molecule has 2 aliphatic heterocycles. The molecule has 0 aromatic rings. The van der Waals surface area contributed by atoms with E-state index in [1.165, 1.54) is 25.7 Å². The van der Waals surface area contributed by atoms with E-state index in [9.17, 15) is 20.4 Å². The van der Waals surface area contributed by atoms with Gasteiger partial charge in [-0.05, 0) is 87.4 Å². The van der Waals surface area contributed by atoms with Gasteiger partial charge in [0.25, 0.3) is 0 Å². The minimum absolute atomic E-state index is 0.0922. The quantitative estimate of drug-likeness (QED) is 0.283. The molecule has 8 heteroatoms. The van der Waals surface area contributed by atoms with E-state index in [0.717, 1.165) is 25.9 Å². The zero-order valence-corrected chi connectivity index (χ0v) is 28.9. The van der Waals surface area contributed by atoms with Crippen LogP contribution in [-0.4, -0.2) is 88.8 Å². The molecule has 4 N–H and O–H groups in total. The molecule has 256 valence electrons. The van der Waals surface area contributed by atoms with Crippen LogP contribution in [0.2, 0.25) is 0 Å². The Labute approximate surface area is 270 Å². The molecule has 8 nitrogen and oxygen atoms in total. The summed E-state index contributed by atoms with van der Waals surface area (Å²) in [5.41, 5.74) is -0.609. The van der Waals surface area contributed by atoms with Crippen molar-refractivity contribution in [2.75, 3.05) is 20.3 Å². The molecular weight excluding hydrogens is 572 g/mol. The second kappa shape index (κ2) is 11.4. The molecule has 45 heavy (non-hydrogen) atoms. The number of rotatable bonds is 8. The predicted molar refractivity (Wildman–Crippen MR) is 171 cm³/mol. The highest BCUT2D eigenvalue weighted by atomic mass is 16.7. The number of aliphatic hydroxyl groups excluding tert-OH is 4. The van der Waals surface area contributed by atoms with Crippen molar-refractivity contribution in [3.05, 3.63) is 24.3 Å². The summed E-state index contributed by atoms with van der Waals surface area (Å²) in [7, 11) is 1.77. The Morgan fingerprint density at radius 2 is 1.71 bits per heavy atom. The van der Waals surface area contributed by atoms with Gasteiger partial charge in [-0.25, -0.2) is 0 Å². The molecule has 2 saturated heterocycles. The minimum Gasteiger partial charge on any atom is -0.394 e. The monoisotopic (exact) mass is 632 g/mol. The summed E-state index contributed by atoms with van der Waals surface area (Å²) in [6.45, 7) is 16.6. The first-order chi connectivity index (χ1) is 21.0. The SMILES string of the molecule is COC(C)(C)/C=C/C[C@@H](C)[C@H]1CC[C@@]2(C)[C@@H]3C=C[C@]45OC[C@@]3(CC[C@]12C)[C@@H]4CC[C@H](O[C@@H]1O[C@H](CO)[C@@H](O)[C@@H](O)[C@H]1O)C5(C)C. The number of aliphatic hydroxyl groups is 4. The summed E-state index contributed by atoms with van der Waals surface area (Å²) in [5, 5.41) is 41.1.